The molecule has 1 heterocycles. The molecule has 2 unspecified atom stereocenters. The third-order valence-corrected chi connectivity index (χ3v) is 4.39. The van der Waals surface area contributed by atoms with Crippen LogP contribution in [0.2, 0.25) is 0 Å². The minimum Gasteiger partial charge on any atom is -0.323 e. The second kappa shape index (κ2) is 7.08. The third kappa shape index (κ3) is 4.26. The molecular weight excluding hydrogens is 214 g/mol. The maximum atomic E-state index is 6.27. The number of hydrogen-bond acceptors (Lipinski definition) is 2. The number of nitrogens with two attached hydrogens (primary N) is 1. The van der Waals surface area contributed by atoms with E-state index in [1.807, 2.05) is 11.3 Å². The molecule has 1 aromatic heterocycles. The van der Waals surface area contributed by atoms with Crippen LogP contribution >= 0.6 is 11.3 Å². The quantitative estimate of drug-likeness (QED) is 0.735. The van der Waals surface area contributed by atoms with Crippen LogP contribution in [0.5, 0.6) is 0 Å². The van der Waals surface area contributed by atoms with Gasteiger partial charge in [-0.05, 0) is 31.4 Å². The van der Waals surface area contributed by atoms with Crippen molar-refractivity contribution < 1.29 is 0 Å². The molecule has 1 nitrogen and oxygen atoms in total. The Bertz CT molecular complexity index is 293. The Kier molecular flexibility index (Phi) is 6.07. The summed E-state index contributed by atoms with van der Waals surface area (Å²) < 4.78 is 0. The fourth-order valence-corrected chi connectivity index (χ4v) is 3.00. The zero-order chi connectivity index (χ0) is 12.0. The standard InChI is InChI=1S/C14H25NS/c1-4-6-7-12(5-2)10-13(15)14-9-8-11(3)16-14/h8-9,12-13H,4-7,10,15H2,1-3H3. The Hall–Kier alpha value is -0.340. The Balaban J connectivity index is 2.45. The second-order valence-electron chi connectivity index (χ2n) is 4.71. The van der Waals surface area contributed by atoms with Gasteiger partial charge < -0.3 is 5.73 Å². The van der Waals surface area contributed by atoms with E-state index in [2.05, 4.69) is 32.9 Å². The fraction of sp³-hybridized carbons (Fsp3) is 0.714. The Morgan fingerprint density at radius 3 is 2.56 bits per heavy atom. The maximum absolute atomic E-state index is 6.27. The van der Waals surface area contributed by atoms with E-state index >= 15 is 0 Å². The summed E-state index contributed by atoms with van der Waals surface area (Å²) >= 11 is 1.85. The van der Waals surface area contributed by atoms with Crippen LogP contribution in [0, 0.1) is 12.8 Å². The smallest absolute Gasteiger partial charge is 0.0392 e. The molecule has 1 aromatic rings. The SMILES string of the molecule is CCCCC(CC)CC(N)c1ccc(C)s1. The molecule has 92 valence electrons. The molecule has 0 fully saturated rings. The summed E-state index contributed by atoms with van der Waals surface area (Å²) in [6.07, 6.45) is 6.39. The van der Waals surface area contributed by atoms with Crippen molar-refractivity contribution in [1.82, 2.24) is 0 Å². The van der Waals surface area contributed by atoms with Crippen LogP contribution in [0.25, 0.3) is 0 Å². The molecule has 0 aromatic carbocycles. The zero-order valence-electron chi connectivity index (χ0n) is 10.8. The topological polar surface area (TPSA) is 26.0 Å². The minimum absolute atomic E-state index is 0.250. The molecule has 2 heteroatoms. The minimum atomic E-state index is 0.250. The monoisotopic (exact) mass is 239 g/mol. The molecule has 0 aliphatic carbocycles. The van der Waals surface area contributed by atoms with Gasteiger partial charge in [0.2, 0.25) is 0 Å². The molecule has 2 atom stereocenters. The molecule has 0 radical (unpaired) electrons. The highest BCUT2D eigenvalue weighted by Gasteiger charge is 2.14. The first-order chi connectivity index (χ1) is 7.67. The van der Waals surface area contributed by atoms with Crippen molar-refractivity contribution in [3.05, 3.63) is 21.9 Å². The van der Waals surface area contributed by atoms with E-state index in [9.17, 15) is 0 Å². The number of unbranched alkanes of at least 4 members (excludes halogenated alkanes) is 1. The van der Waals surface area contributed by atoms with Gasteiger partial charge in [0.05, 0.1) is 0 Å². The lowest BCUT2D eigenvalue weighted by atomic mass is 9.92. The molecule has 2 N–H and O–H groups in total. The summed E-state index contributed by atoms with van der Waals surface area (Å²) in [5.74, 6) is 0.803. The number of aryl methyl sites for hydroxylation is 1. The van der Waals surface area contributed by atoms with E-state index in [0.717, 1.165) is 12.3 Å². The van der Waals surface area contributed by atoms with Gasteiger partial charge in [-0.15, -0.1) is 11.3 Å². The molecule has 0 aliphatic rings. The summed E-state index contributed by atoms with van der Waals surface area (Å²) in [5, 5.41) is 0. The predicted molar refractivity (Wildman–Crippen MR) is 73.9 cm³/mol. The van der Waals surface area contributed by atoms with E-state index in [0.29, 0.717) is 0 Å². The number of thiophene rings is 1. The van der Waals surface area contributed by atoms with E-state index in [-0.39, 0.29) is 6.04 Å². The van der Waals surface area contributed by atoms with Crippen LogP contribution in [0.15, 0.2) is 12.1 Å². The molecular formula is C14H25NS. The van der Waals surface area contributed by atoms with Gasteiger partial charge in [0, 0.05) is 15.8 Å². The molecule has 0 amide bonds. The van der Waals surface area contributed by atoms with E-state index in [4.69, 9.17) is 5.73 Å². The summed E-state index contributed by atoms with van der Waals surface area (Å²) in [7, 11) is 0. The highest BCUT2D eigenvalue weighted by atomic mass is 32.1. The molecule has 1 rings (SSSR count). The van der Waals surface area contributed by atoms with Gasteiger partial charge in [-0.2, -0.15) is 0 Å². The van der Waals surface area contributed by atoms with E-state index in [1.54, 1.807) is 0 Å². The van der Waals surface area contributed by atoms with Crippen LogP contribution in [0.4, 0.5) is 0 Å². The van der Waals surface area contributed by atoms with Crippen LogP contribution in [0.1, 0.15) is 61.7 Å². The number of rotatable bonds is 7. The van der Waals surface area contributed by atoms with Crippen molar-refractivity contribution in [2.45, 2.75) is 58.9 Å². The van der Waals surface area contributed by atoms with Crippen molar-refractivity contribution in [2.24, 2.45) is 11.7 Å². The van der Waals surface area contributed by atoms with Crippen molar-refractivity contribution in [3.8, 4) is 0 Å². The van der Waals surface area contributed by atoms with Crippen molar-refractivity contribution >= 4 is 11.3 Å². The van der Waals surface area contributed by atoms with Crippen molar-refractivity contribution in [3.63, 3.8) is 0 Å². The number of hydrogen-bond donors (Lipinski definition) is 1. The van der Waals surface area contributed by atoms with Gasteiger partial charge in [-0.3, -0.25) is 0 Å². The van der Waals surface area contributed by atoms with Gasteiger partial charge in [0.1, 0.15) is 0 Å². The lowest BCUT2D eigenvalue weighted by molar-refractivity contribution is 0.390. The second-order valence-corrected chi connectivity index (χ2v) is 6.03. The van der Waals surface area contributed by atoms with Crippen molar-refractivity contribution in [1.29, 1.82) is 0 Å². The van der Waals surface area contributed by atoms with Gasteiger partial charge in [0.15, 0.2) is 0 Å². The average Bonchev–Trinajstić information content (AvgIpc) is 2.70. The van der Waals surface area contributed by atoms with Crippen LogP contribution < -0.4 is 5.73 Å². The largest absolute Gasteiger partial charge is 0.323 e. The summed E-state index contributed by atoms with van der Waals surface area (Å²) in [6, 6.07) is 4.62. The lowest BCUT2D eigenvalue weighted by Gasteiger charge is -2.18. The normalized spacial score (nSPS) is 15.0. The Morgan fingerprint density at radius 1 is 1.31 bits per heavy atom. The summed E-state index contributed by atoms with van der Waals surface area (Å²) in [6.45, 7) is 6.69. The van der Waals surface area contributed by atoms with Gasteiger partial charge in [-0.1, -0.05) is 39.5 Å². The molecule has 0 aliphatic heterocycles. The van der Waals surface area contributed by atoms with Crippen LogP contribution in [-0.4, -0.2) is 0 Å². The summed E-state index contributed by atoms with van der Waals surface area (Å²) in [4.78, 5) is 2.72. The first-order valence-corrected chi connectivity index (χ1v) is 7.30. The van der Waals surface area contributed by atoms with Crippen molar-refractivity contribution in [2.75, 3.05) is 0 Å². The summed E-state index contributed by atoms with van der Waals surface area (Å²) in [5.41, 5.74) is 6.27. The maximum Gasteiger partial charge on any atom is 0.0392 e. The Labute approximate surface area is 104 Å². The lowest BCUT2D eigenvalue weighted by Crippen LogP contribution is -2.14. The Morgan fingerprint density at radius 2 is 2.06 bits per heavy atom. The van der Waals surface area contributed by atoms with Crippen LogP contribution in [0.3, 0.4) is 0 Å². The molecule has 16 heavy (non-hydrogen) atoms. The molecule has 0 spiro atoms. The average molecular weight is 239 g/mol. The van der Waals surface area contributed by atoms with Gasteiger partial charge in [-0.25, -0.2) is 0 Å². The van der Waals surface area contributed by atoms with Gasteiger partial charge >= 0.3 is 0 Å². The zero-order valence-corrected chi connectivity index (χ0v) is 11.6. The first kappa shape index (κ1) is 13.7. The van der Waals surface area contributed by atoms with Gasteiger partial charge in [0.25, 0.3) is 0 Å². The highest BCUT2D eigenvalue weighted by Crippen LogP contribution is 2.28. The van der Waals surface area contributed by atoms with Crippen LogP contribution in [-0.2, 0) is 0 Å². The molecule has 0 bridgehead atoms. The van der Waals surface area contributed by atoms with E-state index in [1.165, 1.54) is 35.4 Å². The first-order valence-electron chi connectivity index (χ1n) is 6.49. The van der Waals surface area contributed by atoms with E-state index < -0.39 is 0 Å². The fourth-order valence-electron chi connectivity index (χ4n) is 2.11. The highest BCUT2D eigenvalue weighted by molar-refractivity contribution is 7.12. The molecule has 0 saturated carbocycles. The molecule has 0 saturated heterocycles. The third-order valence-electron chi connectivity index (χ3n) is 3.26. The predicted octanol–water partition coefficient (Wildman–Crippen LogP) is 4.66.